The highest BCUT2D eigenvalue weighted by Crippen LogP contribution is 2.24. The van der Waals surface area contributed by atoms with E-state index in [4.69, 9.17) is 0 Å². The van der Waals surface area contributed by atoms with Gasteiger partial charge in [-0.25, -0.2) is 9.48 Å². The molecule has 1 heterocycles. The van der Waals surface area contributed by atoms with Crippen LogP contribution in [0.3, 0.4) is 0 Å². The maximum absolute atomic E-state index is 12.3. The third kappa shape index (κ3) is 3.47. The molecule has 2 atom stereocenters. The van der Waals surface area contributed by atoms with Gasteiger partial charge in [0.25, 0.3) is 0 Å². The molecule has 1 fully saturated rings. The molecule has 0 aliphatic heterocycles. The number of nitrogens with one attached hydrogen (secondary N) is 2. The molecule has 116 valence electrons. The molecule has 5 nitrogen and oxygen atoms in total. The highest BCUT2D eigenvalue weighted by molar-refractivity contribution is 5.91. The van der Waals surface area contributed by atoms with E-state index in [1.165, 1.54) is 12.8 Å². The number of urea groups is 1. The van der Waals surface area contributed by atoms with E-state index in [0.29, 0.717) is 5.92 Å². The molecule has 5 heteroatoms. The van der Waals surface area contributed by atoms with Gasteiger partial charge < -0.3 is 10.6 Å². The fourth-order valence-corrected chi connectivity index (χ4v) is 3.10. The monoisotopic (exact) mass is 298 g/mol. The van der Waals surface area contributed by atoms with Crippen LogP contribution in [0.5, 0.6) is 0 Å². The number of benzene rings is 1. The molecule has 3 rings (SSSR count). The summed E-state index contributed by atoms with van der Waals surface area (Å²) in [5.74, 6) is 0.690. The number of para-hydroxylation sites is 2. The molecule has 2 N–H and O–H groups in total. The van der Waals surface area contributed by atoms with Crippen molar-refractivity contribution in [3.63, 3.8) is 0 Å². The van der Waals surface area contributed by atoms with Gasteiger partial charge in [0.05, 0.1) is 11.4 Å². The minimum Gasteiger partial charge on any atom is -0.335 e. The Hall–Kier alpha value is -2.30. The number of aromatic nitrogens is 2. The predicted octanol–water partition coefficient (Wildman–Crippen LogP) is 3.57. The zero-order valence-electron chi connectivity index (χ0n) is 12.8. The third-order valence-corrected chi connectivity index (χ3v) is 4.18. The van der Waals surface area contributed by atoms with Crippen molar-refractivity contribution in [3.05, 3.63) is 42.7 Å². The number of carbonyl (C=O) groups excluding carboxylic acids is 1. The van der Waals surface area contributed by atoms with Gasteiger partial charge in [-0.15, -0.1) is 0 Å². The second-order valence-electron chi connectivity index (χ2n) is 6.03. The number of hydrogen-bond acceptors (Lipinski definition) is 2. The van der Waals surface area contributed by atoms with Crippen LogP contribution in [0.2, 0.25) is 0 Å². The van der Waals surface area contributed by atoms with E-state index in [2.05, 4.69) is 22.7 Å². The molecular formula is C17H22N4O. The normalized spacial score (nSPS) is 21.3. The third-order valence-electron chi connectivity index (χ3n) is 4.18. The van der Waals surface area contributed by atoms with E-state index in [0.717, 1.165) is 24.2 Å². The summed E-state index contributed by atoms with van der Waals surface area (Å²) in [5.41, 5.74) is 1.62. The molecule has 2 amide bonds. The quantitative estimate of drug-likeness (QED) is 0.910. The van der Waals surface area contributed by atoms with Gasteiger partial charge in [0.2, 0.25) is 0 Å². The first-order valence-corrected chi connectivity index (χ1v) is 7.89. The molecule has 22 heavy (non-hydrogen) atoms. The number of amides is 2. The molecule has 0 saturated heterocycles. The average Bonchev–Trinajstić information content (AvgIpc) is 3.02. The van der Waals surface area contributed by atoms with E-state index in [1.54, 1.807) is 10.9 Å². The Labute approximate surface area is 130 Å². The second-order valence-corrected chi connectivity index (χ2v) is 6.03. The summed E-state index contributed by atoms with van der Waals surface area (Å²) < 4.78 is 1.75. The molecule has 2 aromatic rings. The van der Waals surface area contributed by atoms with Crippen molar-refractivity contribution in [1.82, 2.24) is 15.1 Å². The number of hydrogen-bond donors (Lipinski definition) is 2. The molecular weight excluding hydrogens is 276 g/mol. The minimum atomic E-state index is -0.140. The van der Waals surface area contributed by atoms with Crippen LogP contribution < -0.4 is 10.6 Å². The molecule has 0 spiro atoms. The minimum absolute atomic E-state index is 0.140. The Balaban J connectivity index is 1.67. The molecule has 0 unspecified atom stereocenters. The van der Waals surface area contributed by atoms with Gasteiger partial charge in [-0.3, -0.25) is 0 Å². The summed E-state index contributed by atoms with van der Waals surface area (Å²) in [5, 5.41) is 10.3. The fraction of sp³-hybridized carbons (Fsp3) is 0.412. The lowest BCUT2D eigenvalue weighted by Crippen LogP contribution is -2.40. The van der Waals surface area contributed by atoms with Crippen molar-refractivity contribution < 1.29 is 4.79 Å². The molecule has 1 aromatic carbocycles. The van der Waals surface area contributed by atoms with Crippen molar-refractivity contribution in [2.45, 2.75) is 38.6 Å². The highest BCUT2D eigenvalue weighted by atomic mass is 16.2. The lowest BCUT2D eigenvalue weighted by Gasteiger charge is -2.27. The summed E-state index contributed by atoms with van der Waals surface area (Å²) >= 11 is 0. The zero-order chi connectivity index (χ0) is 15.4. The molecule has 1 aliphatic rings. The summed E-state index contributed by atoms with van der Waals surface area (Å²) in [6.07, 6.45) is 8.17. The van der Waals surface area contributed by atoms with Crippen molar-refractivity contribution in [2.75, 3.05) is 5.32 Å². The SMILES string of the molecule is C[C@@H]1CCC[C@H](NC(=O)Nc2ccccc2-n2cccn2)C1. The maximum Gasteiger partial charge on any atom is 0.319 e. The van der Waals surface area contributed by atoms with Gasteiger partial charge in [-0.05, 0) is 37.0 Å². The van der Waals surface area contributed by atoms with Gasteiger partial charge in [-0.1, -0.05) is 31.9 Å². The van der Waals surface area contributed by atoms with Crippen molar-refractivity contribution in [3.8, 4) is 5.69 Å². The lowest BCUT2D eigenvalue weighted by atomic mass is 9.87. The topological polar surface area (TPSA) is 59.0 Å². The summed E-state index contributed by atoms with van der Waals surface area (Å²) in [6, 6.07) is 9.67. The Morgan fingerprint density at radius 3 is 2.91 bits per heavy atom. The number of rotatable bonds is 3. The van der Waals surface area contributed by atoms with Gasteiger partial charge in [0, 0.05) is 18.4 Å². The largest absolute Gasteiger partial charge is 0.335 e. The van der Waals surface area contributed by atoms with Crippen LogP contribution >= 0.6 is 0 Å². The van der Waals surface area contributed by atoms with Gasteiger partial charge >= 0.3 is 6.03 Å². The van der Waals surface area contributed by atoms with E-state index in [-0.39, 0.29) is 12.1 Å². The standard InChI is InChI=1S/C17H22N4O/c1-13-6-4-7-14(12-13)19-17(22)20-15-8-2-3-9-16(15)21-11-5-10-18-21/h2-3,5,8-11,13-14H,4,6-7,12H2,1H3,(H2,19,20,22)/t13-,14+/m1/s1. The Morgan fingerprint density at radius 1 is 1.27 bits per heavy atom. The molecule has 1 aliphatic carbocycles. The zero-order valence-corrected chi connectivity index (χ0v) is 12.8. The van der Waals surface area contributed by atoms with Crippen molar-refractivity contribution >= 4 is 11.7 Å². The van der Waals surface area contributed by atoms with Crippen LogP contribution in [0.4, 0.5) is 10.5 Å². The van der Waals surface area contributed by atoms with Gasteiger partial charge in [-0.2, -0.15) is 5.10 Å². The molecule has 0 radical (unpaired) electrons. The van der Waals surface area contributed by atoms with Gasteiger partial charge in [0.1, 0.15) is 0 Å². The molecule has 1 aromatic heterocycles. The number of anilines is 1. The first-order valence-electron chi connectivity index (χ1n) is 7.89. The smallest absolute Gasteiger partial charge is 0.319 e. The summed E-state index contributed by atoms with van der Waals surface area (Å²) in [7, 11) is 0. The first kappa shape index (κ1) is 14.6. The first-order chi connectivity index (χ1) is 10.7. The lowest BCUT2D eigenvalue weighted by molar-refractivity contribution is 0.238. The second kappa shape index (κ2) is 6.64. The van der Waals surface area contributed by atoms with E-state index < -0.39 is 0 Å². The van der Waals surface area contributed by atoms with E-state index in [1.807, 2.05) is 36.5 Å². The van der Waals surface area contributed by atoms with E-state index in [9.17, 15) is 4.79 Å². The van der Waals surface area contributed by atoms with Crippen LogP contribution in [0.15, 0.2) is 42.7 Å². The average molecular weight is 298 g/mol. The van der Waals surface area contributed by atoms with Crippen molar-refractivity contribution in [2.24, 2.45) is 5.92 Å². The Bertz CT molecular complexity index is 623. The van der Waals surface area contributed by atoms with Crippen LogP contribution in [0.25, 0.3) is 5.69 Å². The predicted molar refractivity (Wildman–Crippen MR) is 87.1 cm³/mol. The summed E-state index contributed by atoms with van der Waals surface area (Å²) in [6.45, 7) is 2.25. The van der Waals surface area contributed by atoms with Crippen LogP contribution in [0, 0.1) is 5.92 Å². The van der Waals surface area contributed by atoms with Crippen molar-refractivity contribution in [1.29, 1.82) is 0 Å². The summed E-state index contributed by atoms with van der Waals surface area (Å²) in [4.78, 5) is 12.3. The number of nitrogens with zero attached hydrogens (tertiary/aromatic N) is 2. The maximum atomic E-state index is 12.3. The number of carbonyl (C=O) groups is 1. The Morgan fingerprint density at radius 2 is 2.14 bits per heavy atom. The Kier molecular flexibility index (Phi) is 4.42. The molecule has 1 saturated carbocycles. The molecule has 0 bridgehead atoms. The fourth-order valence-electron chi connectivity index (χ4n) is 3.10. The van der Waals surface area contributed by atoms with Gasteiger partial charge in [0.15, 0.2) is 0 Å². The van der Waals surface area contributed by atoms with Crippen LogP contribution in [-0.2, 0) is 0 Å². The van der Waals surface area contributed by atoms with E-state index >= 15 is 0 Å². The van der Waals surface area contributed by atoms with Crippen LogP contribution in [-0.4, -0.2) is 21.9 Å². The van der Waals surface area contributed by atoms with Crippen LogP contribution in [0.1, 0.15) is 32.6 Å². The highest BCUT2D eigenvalue weighted by Gasteiger charge is 2.20.